The van der Waals surface area contributed by atoms with E-state index in [0.29, 0.717) is 6.04 Å². The molecule has 2 heteroatoms. The van der Waals surface area contributed by atoms with E-state index < -0.39 is 0 Å². The van der Waals surface area contributed by atoms with Gasteiger partial charge in [-0.05, 0) is 38.5 Å². The van der Waals surface area contributed by atoms with Crippen LogP contribution < -0.4 is 5.73 Å². The topological polar surface area (TPSA) is 35.2 Å². The lowest BCUT2D eigenvalue weighted by atomic mass is 9.93. The van der Waals surface area contributed by atoms with Crippen molar-refractivity contribution in [2.45, 2.75) is 38.6 Å². The average Bonchev–Trinajstić information content (AvgIpc) is 2.03. The Kier molecular flexibility index (Phi) is 3.87. The van der Waals surface area contributed by atoms with Crippen LogP contribution in [0.5, 0.6) is 0 Å². The Bertz CT molecular complexity index is 97.7. The van der Waals surface area contributed by atoms with Crippen LogP contribution in [0.3, 0.4) is 0 Å². The standard InChI is InChI=1S/C9H19NO/c1-8(10)2-3-9-4-6-11-7-5-9/h8-9H,2-7,10H2,1H3. The summed E-state index contributed by atoms with van der Waals surface area (Å²) in [6.07, 6.45) is 4.95. The van der Waals surface area contributed by atoms with E-state index in [0.717, 1.165) is 19.1 Å². The fourth-order valence-electron chi connectivity index (χ4n) is 1.53. The predicted molar refractivity (Wildman–Crippen MR) is 46.4 cm³/mol. The van der Waals surface area contributed by atoms with Crippen LogP contribution in [-0.4, -0.2) is 19.3 Å². The molecule has 0 amide bonds. The van der Waals surface area contributed by atoms with Crippen molar-refractivity contribution in [3.63, 3.8) is 0 Å². The second kappa shape index (κ2) is 4.73. The zero-order chi connectivity index (χ0) is 8.10. The minimum absolute atomic E-state index is 0.373. The summed E-state index contributed by atoms with van der Waals surface area (Å²) in [7, 11) is 0. The van der Waals surface area contributed by atoms with Crippen molar-refractivity contribution in [2.75, 3.05) is 13.2 Å². The Hall–Kier alpha value is -0.0800. The van der Waals surface area contributed by atoms with E-state index in [1.165, 1.54) is 25.7 Å². The molecule has 1 fully saturated rings. The molecule has 1 aliphatic heterocycles. The molecule has 1 aliphatic rings. The molecule has 0 saturated carbocycles. The Morgan fingerprint density at radius 2 is 2.09 bits per heavy atom. The van der Waals surface area contributed by atoms with Crippen LogP contribution in [0, 0.1) is 5.92 Å². The second-order valence-electron chi connectivity index (χ2n) is 3.61. The third-order valence-corrected chi connectivity index (χ3v) is 2.37. The lowest BCUT2D eigenvalue weighted by molar-refractivity contribution is 0.0629. The van der Waals surface area contributed by atoms with Crippen molar-refractivity contribution in [1.82, 2.24) is 0 Å². The first-order valence-corrected chi connectivity index (χ1v) is 4.62. The first-order valence-electron chi connectivity index (χ1n) is 4.62. The van der Waals surface area contributed by atoms with Crippen LogP contribution in [0.15, 0.2) is 0 Å². The SMILES string of the molecule is CC(N)CCC1CCOCC1. The Labute approximate surface area is 69.1 Å². The summed E-state index contributed by atoms with van der Waals surface area (Å²) in [5.74, 6) is 0.884. The third kappa shape index (κ3) is 3.73. The summed E-state index contributed by atoms with van der Waals surface area (Å²) in [5.41, 5.74) is 5.68. The molecule has 1 heterocycles. The molecule has 0 aliphatic carbocycles. The van der Waals surface area contributed by atoms with E-state index in [2.05, 4.69) is 6.92 Å². The van der Waals surface area contributed by atoms with E-state index in [1.807, 2.05) is 0 Å². The first-order chi connectivity index (χ1) is 5.29. The summed E-state index contributed by atoms with van der Waals surface area (Å²) in [4.78, 5) is 0. The molecule has 0 aromatic heterocycles. The molecule has 2 nitrogen and oxygen atoms in total. The first kappa shape index (κ1) is 9.01. The van der Waals surface area contributed by atoms with Gasteiger partial charge >= 0.3 is 0 Å². The quantitative estimate of drug-likeness (QED) is 0.674. The molecule has 11 heavy (non-hydrogen) atoms. The normalized spacial score (nSPS) is 23.5. The number of hydrogen-bond acceptors (Lipinski definition) is 2. The van der Waals surface area contributed by atoms with Gasteiger partial charge in [0.05, 0.1) is 0 Å². The van der Waals surface area contributed by atoms with Gasteiger partial charge in [-0.1, -0.05) is 0 Å². The van der Waals surface area contributed by atoms with Crippen LogP contribution in [0.2, 0.25) is 0 Å². The van der Waals surface area contributed by atoms with Gasteiger partial charge in [0.1, 0.15) is 0 Å². The summed E-state index contributed by atoms with van der Waals surface area (Å²) < 4.78 is 5.28. The maximum absolute atomic E-state index is 5.68. The van der Waals surface area contributed by atoms with E-state index in [-0.39, 0.29) is 0 Å². The molecular formula is C9H19NO. The number of rotatable bonds is 3. The van der Waals surface area contributed by atoms with E-state index in [4.69, 9.17) is 10.5 Å². The number of nitrogens with two attached hydrogens (primary N) is 1. The van der Waals surface area contributed by atoms with E-state index in [1.54, 1.807) is 0 Å². The molecule has 1 rings (SSSR count). The maximum atomic E-state index is 5.68. The number of hydrogen-bond donors (Lipinski definition) is 1. The van der Waals surface area contributed by atoms with Gasteiger partial charge in [0.2, 0.25) is 0 Å². The molecule has 1 unspecified atom stereocenters. The minimum Gasteiger partial charge on any atom is -0.381 e. The highest BCUT2D eigenvalue weighted by molar-refractivity contribution is 4.65. The molecule has 0 aromatic rings. The minimum atomic E-state index is 0.373. The fraction of sp³-hybridized carbons (Fsp3) is 1.00. The fourth-order valence-corrected chi connectivity index (χ4v) is 1.53. The molecular weight excluding hydrogens is 138 g/mol. The van der Waals surface area contributed by atoms with Crippen LogP contribution >= 0.6 is 0 Å². The molecule has 0 bridgehead atoms. The average molecular weight is 157 g/mol. The highest BCUT2D eigenvalue weighted by Gasteiger charge is 2.13. The zero-order valence-electron chi connectivity index (χ0n) is 7.38. The van der Waals surface area contributed by atoms with Crippen molar-refractivity contribution in [2.24, 2.45) is 11.7 Å². The van der Waals surface area contributed by atoms with Gasteiger partial charge in [-0.3, -0.25) is 0 Å². The van der Waals surface area contributed by atoms with Crippen LogP contribution in [-0.2, 0) is 4.74 Å². The van der Waals surface area contributed by atoms with Gasteiger partial charge in [-0.2, -0.15) is 0 Å². The lowest BCUT2D eigenvalue weighted by Gasteiger charge is -2.22. The van der Waals surface area contributed by atoms with Crippen LogP contribution in [0.4, 0.5) is 0 Å². The van der Waals surface area contributed by atoms with Crippen LogP contribution in [0.1, 0.15) is 32.6 Å². The molecule has 2 N–H and O–H groups in total. The largest absolute Gasteiger partial charge is 0.381 e. The van der Waals surface area contributed by atoms with Gasteiger partial charge in [0.15, 0.2) is 0 Å². The van der Waals surface area contributed by atoms with Crippen molar-refractivity contribution >= 4 is 0 Å². The van der Waals surface area contributed by atoms with Gasteiger partial charge in [0, 0.05) is 19.3 Å². The molecule has 1 atom stereocenters. The highest BCUT2D eigenvalue weighted by Crippen LogP contribution is 2.20. The van der Waals surface area contributed by atoms with Crippen molar-refractivity contribution in [3.8, 4) is 0 Å². The maximum Gasteiger partial charge on any atom is 0.0468 e. The zero-order valence-corrected chi connectivity index (χ0v) is 7.38. The van der Waals surface area contributed by atoms with Gasteiger partial charge in [0.25, 0.3) is 0 Å². The van der Waals surface area contributed by atoms with Gasteiger partial charge in [-0.25, -0.2) is 0 Å². The summed E-state index contributed by atoms with van der Waals surface area (Å²) in [6, 6.07) is 0.373. The smallest absolute Gasteiger partial charge is 0.0468 e. The molecule has 0 spiro atoms. The molecule has 1 saturated heterocycles. The summed E-state index contributed by atoms with van der Waals surface area (Å²) in [6.45, 7) is 4.01. The van der Waals surface area contributed by atoms with Crippen molar-refractivity contribution in [1.29, 1.82) is 0 Å². The van der Waals surface area contributed by atoms with Gasteiger partial charge in [-0.15, -0.1) is 0 Å². The van der Waals surface area contributed by atoms with Gasteiger partial charge < -0.3 is 10.5 Å². The lowest BCUT2D eigenvalue weighted by Crippen LogP contribution is -2.20. The highest BCUT2D eigenvalue weighted by atomic mass is 16.5. The van der Waals surface area contributed by atoms with Crippen molar-refractivity contribution < 1.29 is 4.74 Å². The summed E-state index contributed by atoms with van der Waals surface area (Å²) in [5, 5.41) is 0. The monoisotopic (exact) mass is 157 g/mol. The van der Waals surface area contributed by atoms with Crippen molar-refractivity contribution in [3.05, 3.63) is 0 Å². The Morgan fingerprint density at radius 1 is 1.45 bits per heavy atom. The van der Waals surface area contributed by atoms with E-state index in [9.17, 15) is 0 Å². The molecule has 66 valence electrons. The second-order valence-corrected chi connectivity index (χ2v) is 3.61. The summed E-state index contributed by atoms with van der Waals surface area (Å²) >= 11 is 0. The van der Waals surface area contributed by atoms with E-state index >= 15 is 0 Å². The Morgan fingerprint density at radius 3 is 2.64 bits per heavy atom. The third-order valence-electron chi connectivity index (χ3n) is 2.37. The molecule has 0 aromatic carbocycles. The predicted octanol–water partition coefficient (Wildman–Crippen LogP) is 1.54. The number of ether oxygens (including phenoxy) is 1. The molecule has 0 radical (unpaired) electrons. The van der Waals surface area contributed by atoms with Crippen LogP contribution in [0.25, 0.3) is 0 Å². The Balaban J connectivity index is 2.05.